The Morgan fingerprint density at radius 1 is 1.44 bits per heavy atom. The first-order chi connectivity index (χ1) is 7.58. The van der Waals surface area contributed by atoms with E-state index < -0.39 is 0 Å². The Morgan fingerprint density at radius 3 is 2.75 bits per heavy atom. The van der Waals surface area contributed by atoms with Gasteiger partial charge in [-0.15, -0.1) is 0 Å². The maximum atomic E-state index is 11.4. The molecule has 0 spiro atoms. The van der Waals surface area contributed by atoms with Gasteiger partial charge in [-0.2, -0.15) is 0 Å². The summed E-state index contributed by atoms with van der Waals surface area (Å²) in [7, 11) is 0. The van der Waals surface area contributed by atoms with E-state index in [0.29, 0.717) is 10.6 Å². The Morgan fingerprint density at radius 2 is 2.19 bits per heavy atom. The first-order valence-electron chi connectivity index (χ1n) is 4.35. The van der Waals surface area contributed by atoms with Crippen LogP contribution in [0.4, 0.5) is 4.79 Å². The third-order valence-electron chi connectivity index (χ3n) is 2.07. The van der Waals surface area contributed by atoms with Crippen molar-refractivity contribution in [2.24, 2.45) is 0 Å². The molecule has 1 aliphatic heterocycles. The number of imide groups is 1. The van der Waals surface area contributed by atoms with Crippen molar-refractivity contribution in [1.29, 1.82) is 0 Å². The van der Waals surface area contributed by atoms with E-state index in [1.54, 1.807) is 0 Å². The Hall–Kier alpha value is -0.780. The van der Waals surface area contributed by atoms with Crippen LogP contribution in [-0.2, 0) is 11.3 Å². The third-order valence-corrected chi connectivity index (χ3v) is 3.48. The molecule has 1 aliphatic rings. The molecule has 1 fully saturated rings. The molecule has 0 aliphatic carbocycles. The van der Waals surface area contributed by atoms with Gasteiger partial charge < -0.3 is 0 Å². The molecule has 0 unspecified atom stereocenters. The van der Waals surface area contributed by atoms with Crippen molar-refractivity contribution in [3.05, 3.63) is 28.0 Å². The van der Waals surface area contributed by atoms with Crippen LogP contribution >= 0.6 is 35.0 Å². The lowest BCUT2D eigenvalue weighted by Crippen LogP contribution is -2.28. The van der Waals surface area contributed by atoms with Crippen LogP contribution in [0.3, 0.4) is 0 Å². The van der Waals surface area contributed by atoms with Crippen LogP contribution in [0.1, 0.15) is 5.56 Å². The second-order valence-corrected chi connectivity index (χ2v) is 4.85. The van der Waals surface area contributed by atoms with Crippen molar-refractivity contribution in [1.82, 2.24) is 9.88 Å². The summed E-state index contributed by atoms with van der Waals surface area (Å²) in [5.41, 5.74) is 0.607. The van der Waals surface area contributed by atoms with Gasteiger partial charge in [0.2, 0.25) is 5.91 Å². The zero-order valence-electron chi connectivity index (χ0n) is 7.94. The molecule has 16 heavy (non-hydrogen) atoms. The second kappa shape index (κ2) is 4.61. The number of nitrogens with zero attached hydrogens (tertiary/aromatic N) is 2. The molecule has 0 atom stereocenters. The zero-order chi connectivity index (χ0) is 11.7. The predicted molar refractivity (Wildman–Crippen MR) is 62.7 cm³/mol. The average molecular weight is 277 g/mol. The topological polar surface area (TPSA) is 50.3 Å². The molecule has 84 valence electrons. The van der Waals surface area contributed by atoms with Gasteiger partial charge in [0, 0.05) is 11.8 Å². The minimum absolute atomic E-state index is 0.146. The maximum Gasteiger partial charge on any atom is 0.289 e. The highest BCUT2D eigenvalue weighted by atomic mass is 35.5. The molecule has 0 N–H and O–H groups in total. The van der Waals surface area contributed by atoms with Gasteiger partial charge in [0.1, 0.15) is 5.15 Å². The van der Waals surface area contributed by atoms with Gasteiger partial charge in [0.25, 0.3) is 5.24 Å². The molecule has 1 saturated heterocycles. The summed E-state index contributed by atoms with van der Waals surface area (Å²) in [6.07, 6.45) is 1.47. The van der Waals surface area contributed by atoms with Gasteiger partial charge in [-0.25, -0.2) is 4.98 Å². The Bertz CT molecular complexity index is 451. The molecule has 4 nitrogen and oxygen atoms in total. The van der Waals surface area contributed by atoms with Crippen molar-refractivity contribution in [3.63, 3.8) is 0 Å². The van der Waals surface area contributed by atoms with E-state index in [-0.39, 0.29) is 28.6 Å². The second-order valence-electron chi connectivity index (χ2n) is 3.13. The lowest BCUT2D eigenvalue weighted by atomic mass is 10.2. The molecule has 0 aromatic carbocycles. The number of thioether (sulfide) groups is 1. The largest absolute Gasteiger partial charge is 0.289 e. The number of rotatable bonds is 2. The summed E-state index contributed by atoms with van der Waals surface area (Å²) in [5.74, 6) is -0.0155. The van der Waals surface area contributed by atoms with E-state index in [1.807, 2.05) is 0 Å². The Kier molecular flexibility index (Phi) is 3.37. The minimum Gasteiger partial charge on any atom is -0.273 e. The number of carbonyl (C=O) groups is 2. The summed E-state index contributed by atoms with van der Waals surface area (Å²) in [6.45, 7) is 0.146. The first kappa shape index (κ1) is 11.7. The molecule has 0 radical (unpaired) electrons. The van der Waals surface area contributed by atoms with Crippen LogP contribution in [-0.4, -0.2) is 26.8 Å². The van der Waals surface area contributed by atoms with Crippen molar-refractivity contribution >= 4 is 46.1 Å². The molecule has 2 heterocycles. The van der Waals surface area contributed by atoms with Gasteiger partial charge in [0.05, 0.1) is 17.3 Å². The number of hydrogen-bond acceptors (Lipinski definition) is 4. The van der Waals surface area contributed by atoms with E-state index in [9.17, 15) is 9.59 Å². The van der Waals surface area contributed by atoms with E-state index >= 15 is 0 Å². The molecule has 2 rings (SSSR count). The lowest BCUT2D eigenvalue weighted by molar-refractivity contribution is -0.125. The SMILES string of the molecule is O=C1CSC(=O)N1Cc1cnc(Cl)cc1Cl. The fourth-order valence-corrected chi connectivity index (χ4v) is 2.41. The van der Waals surface area contributed by atoms with Gasteiger partial charge in [-0.3, -0.25) is 14.5 Å². The number of halogens is 2. The molecule has 7 heteroatoms. The normalized spacial score (nSPS) is 16.0. The van der Waals surface area contributed by atoms with E-state index in [2.05, 4.69) is 4.98 Å². The number of hydrogen-bond donors (Lipinski definition) is 0. The zero-order valence-corrected chi connectivity index (χ0v) is 10.3. The molecule has 1 aromatic heterocycles. The number of carbonyl (C=O) groups excluding carboxylic acids is 2. The smallest absolute Gasteiger partial charge is 0.273 e. The fraction of sp³-hybridized carbons (Fsp3) is 0.222. The highest BCUT2D eigenvalue weighted by Gasteiger charge is 2.30. The number of pyridine rings is 1. The van der Waals surface area contributed by atoms with E-state index in [1.165, 1.54) is 12.3 Å². The van der Waals surface area contributed by atoms with Crippen molar-refractivity contribution in [2.45, 2.75) is 6.54 Å². The van der Waals surface area contributed by atoms with Gasteiger partial charge in [0.15, 0.2) is 0 Å². The molecular formula is C9H6Cl2N2O2S. The quantitative estimate of drug-likeness (QED) is 0.780. The lowest BCUT2D eigenvalue weighted by Gasteiger charge is -2.13. The van der Waals surface area contributed by atoms with Crippen molar-refractivity contribution < 1.29 is 9.59 Å². The van der Waals surface area contributed by atoms with Crippen LogP contribution in [0.15, 0.2) is 12.3 Å². The van der Waals surface area contributed by atoms with Crippen LogP contribution in [0, 0.1) is 0 Å². The van der Waals surface area contributed by atoms with Crippen LogP contribution in [0.5, 0.6) is 0 Å². The third kappa shape index (κ3) is 2.31. The summed E-state index contributed by atoms with van der Waals surface area (Å²) in [5, 5.41) is 0.427. The van der Waals surface area contributed by atoms with Crippen molar-refractivity contribution in [3.8, 4) is 0 Å². The highest BCUT2D eigenvalue weighted by Crippen LogP contribution is 2.25. The minimum atomic E-state index is -0.254. The van der Waals surface area contributed by atoms with Crippen LogP contribution < -0.4 is 0 Å². The Labute approximate surface area is 106 Å². The van der Waals surface area contributed by atoms with Crippen LogP contribution in [0.2, 0.25) is 10.2 Å². The van der Waals surface area contributed by atoms with Crippen molar-refractivity contribution in [2.75, 3.05) is 5.75 Å². The molecule has 1 aromatic rings. The predicted octanol–water partition coefficient (Wildman–Crippen LogP) is 2.58. The van der Waals surface area contributed by atoms with E-state index in [4.69, 9.17) is 23.2 Å². The molecular weight excluding hydrogens is 271 g/mol. The summed E-state index contributed by atoms with van der Waals surface area (Å²) in [6, 6.07) is 1.48. The monoisotopic (exact) mass is 276 g/mol. The highest BCUT2D eigenvalue weighted by molar-refractivity contribution is 8.14. The van der Waals surface area contributed by atoms with Gasteiger partial charge >= 0.3 is 0 Å². The summed E-state index contributed by atoms with van der Waals surface area (Å²) in [4.78, 5) is 27.7. The fourth-order valence-electron chi connectivity index (χ4n) is 1.26. The summed E-state index contributed by atoms with van der Waals surface area (Å²) >= 11 is 12.6. The van der Waals surface area contributed by atoms with E-state index in [0.717, 1.165) is 16.7 Å². The molecule has 0 bridgehead atoms. The molecule has 0 saturated carbocycles. The van der Waals surface area contributed by atoms with Gasteiger partial charge in [-0.1, -0.05) is 35.0 Å². The first-order valence-corrected chi connectivity index (χ1v) is 6.09. The van der Waals surface area contributed by atoms with Gasteiger partial charge in [-0.05, 0) is 6.07 Å². The standard InChI is InChI=1S/C9H6Cl2N2O2S/c10-6-1-7(11)12-2-5(6)3-13-8(14)4-16-9(13)15/h1-2H,3-4H2. The number of aromatic nitrogens is 1. The average Bonchev–Trinajstić information content (AvgIpc) is 2.53. The maximum absolute atomic E-state index is 11.4. The molecule has 2 amide bonds. The van der Waals surface area contributed by atoms with Crippen LogP contribution in [0.25, 0.3) is 0 Å². The summed E-state index contributed by atoms with van der Waals surface area (Å²) < 4.78 is 0. The Balaban J connectivity index is 2.20. The number of amides is 2.